The highest BCUT2D eigenvalue weighted by Gasteiger charge is 2.30. The molecule has 0 saturated carbocycles. The van der Waals surface area contributed by atoms with Gasteiger partial charge in [0.05, 0.1) is 6.61 Å². The molecule has 0 spiro atoms. The Morgan fingerprint density at radius 3 is 2.50 bits per heavy atom. The maximum absolute atomic E-state index is 10.4. The minimum atomic E-state index is -1.12. The molecule has 1 aliphatic rings. The van der Waals surface area contributed by atoms with Gasteiger partial charge in [-0.05, 0) is 43.5 Å². The van der Waals surface area contributed by atoms with Crippen LogP contribution in [0, 0.1) is 0 Å². The van der Waals surface area contributed by atoms with Gasteiger partial charge in [0.15, 0.2) is 0 Å². The van der Waals surface area contributed by atoms with Crippen LogP contribution in [0.5, 0.6) is 5.75 Å². The average molecular weight is 220 g/mol. The molecule has 1 atom stereocenters. The molecule has 2 N–H and O–H groups in total. The Hall–Kier alpha value is -1.48. The van der Waals surface area contributed by atoms with E-state index in [-0.39, 0.29) is 5.75 Å². The zero-order valence-corrected chi connectivity index (χ0v) is 9.31. The zero-order valence-electron chi connectivity index (χ0n) is 9.31. The van der Waals surface area contributed by atoms with Crippen LogP contribution in [-0.4, -0.2) is 16.8 Å². The van der Waals surface area contributed by atoms with Crippen LogP contribution in [-0.2, 0) is 10.3 Å². The number of hydrogen-bond donors (Lipinski definition) is 2. The predicted molar refractivity (Wildman–Crippen MR) is 60.9 cm³/mol. The molecule has 2 rings (SSSR count). The summed E-state index contributed by atoms with van der Waals surface area (Å²) in [5, 5.41) is 19.6. The maximum atomic E-state index is 10.4. The Morgan fingerprint density at radius 2 is 1.94 bits per heavy atom. The third-order valence-corrected chi connectivity index (χ3v) is 2.84. The molecule has 0 aliphatic carbocycles. The van der Waals surface area contributed by atoms with Gasteiger partial charge in [-0.3, -0.25) is 0 Å². The molecule has 0 amide bonds. The second kappa shape index (κ2) is 4.18. The third-order valence-electron chi connectivity index (χ3n) is 2.84. The van der Waals surface area contributed by atoms with Gasteiger partial charge in [0.2, 0.25) is 0 Å². The number of hydrogen-bond acceptors (Lipinski definition) is 3. The van der Waals surface area contributed by atoms with E-state index in [2.05, 4.69) is 0 Å². The van der Waals surface area contributed by atoms with Crippen molar-refractivity contribution >= 4 is 0 Å². The fourth-order valence-electron chi connectivity index (χ4n) is 1.83. The molecule has 1 aromatic rings. The number of phenolic OH excluding ortho intramolecular Hbond substituents is 1. The second-order valence-electron chi connectivity index (χ2n) is 4.18. The van der Waals surface area contributed by atoms with Gasteiger partial charge in [0.25, 0.3) is 0 Å². The van der Waals surface area contributed by atoms with Gasteiger partial charge in [0.1, 0.15) is 17.1 Å². The van der Waals surface area contributed by atoms with Crippen LogP contribution >= 0.6 is 0 Å². The smallest absolute Gasteiger partial charge is 0.143 e. The lowest BCUT2D eigenvalue weighted by molar-refractivity contribution is 0.0150. The molecule has 1 aromatic carbocycles. The Labute approximate surface area is 95.0 Å². The Balaban J connectivity index is 2.30. The zero-order chi connectivity index (χ0) is 11.6. The molecule has 0 aromatic heterocycles. The Kier molecular flexibility index (Phi) is 2.88. The average Bonchev–Trinajstić information content (AvgIpc) is 2.31. The van der Waals surface area contributed by atoms with Crippen LogP contribution in [0.1, 0.15) is 25.3 Å². The Bertz CT molecular complexity index is 390. The van der Waals surface area contributed by atoms with Gasteiger partial charge in [-0.25, -0.2) is 0 Å². The summed E-state index contributed by atoms with van der Waals surface area (Å²) >= 11 is 0. The molecule has 3 nitrogen and oxygen atoms in total. The lowest BCUT2D eigenvalue weighted by atomic mass is 9.92. The van der Waals surface area contributed by atoms with E-state index in [0.29, 0.717) is 12.4 Å². The minimum Gasteiger partial charge on any atom is -0.508 e. The van der Waals surface area contributed by atoms with E-state index in [9.17, 15) is 10.2 Å². The highest BCUT2D eigenvalue weighted by Crippen LogP contribution is 2.32. The number of ether oxygens (including phenoxy) is 1. The first-order chi connectivity index (χ1) is 7.60. The standard InChI is InChI=1S/C13H16O3/c1-13(15,12-4-2-3-9-16-12)10-5-7-11(14)8-6-10/h4-8,14-15H,2-3,9H2,1H3. The summed E-state index contributed by atoms with van der Waals surface area (Å²) in [4.78, 5) is 0. The van der Waals surface area contributed by atoms with Gasteiger partial charge < -0.3 is 14.9 Å². The molecule has 1 aliphatic heterocycles. The van der Waals surface area contributed by atoms with Crippen molar-refractivity contribution in [2.45, 2.75) is 25.4 Å². The number of rotatable bonds is 2. The number of aromatic hydroxyl groups is 1. The second-order valence-corrected chi connectivity index (χ2v) is 4.18. The summed E-state index contributed by atoms with van der Waals surface area (Å²) in [7, 11) is 0. The number of aliphatic hydroxyl groups is 1. The van der Waals surface area contributed by atoms with Crippen molar-refractivity contribution in [1.29, 1.82) is 0 Å². The summed E-state index contributed by atoms with van der Waals surface area (Å²) in [6, 6.07) is 6.53. The van der Waals surface area contributed by atoms with Crippen molar-refractivity contribution in [3.05, 3.63) is 41.7 Å². The lowest BCUT2D eigenvalue weighted by Crippen LogP contribution is -2.27. The van der Waals surface area contributed by atoms with Crippen molar-refractivity contribution in [2.75, 3.05) is 6.61 Å². The van der Waals surface area contributed by atoms with Crippen LogP contribution in [0.3, 0.4) is 0 Å². The molecule has 0 saturated heterocycles. The van der Waals surface area contributed by atoms with Gasteiger partial charge in [-0.15, -0.1) is 0 Å². The van der Waals surface area contributed by atoms with Crippen molar-refractivity contribution in [3.8, 4) is 5.75 Å². The van der Waals surface area contributed by atoms with Crippen LogP contribution < -0.4 is 0 Å². The summed E-state index contributed by atoms with van der Waals surface area (Å²) < 4.78 is 5.48. The molecular weight excluding hydrogens is 204 g/mol. The summed E-state index contributed by atoms with van der Waals surface area (Å²) in [5.41, 5.74) is -0.396. The molecule has 1 heterocycles. The monoisotopic (exact) mass is 220 g/mol. The summed E-state index contributed by atoms with van der Waals surface area (Å²) in [5.74, 6) is 0.794. The van der Waals surface area contributed by atoms with E-state index < -0.39 is 5.60 Å². The molecule has 3 heteroatoms. The van der Waals surface area contributed by atoms with Crippen LogP contribution in [0.25, 0.3) is 0 Å². The van der Waals surface area contributed by atoms with Crippen molar-refractivity contribution in [2.24, 2.45) is 0 Å². The van der Waals surface area contributed by atoms with Crippen LogP contribution in [0.4, 0.5) is 0 Å². The molecule has 0 fully saturated rings. The Morgan fingerprint density at radius 1 is 1.25 bits per heavy atom. The predicted octanol–water partition coefficient (Wildman–Crippen LogP) is 2.29. The number of phenols is 1. The van der Waals surface area contributed by atoms with E-state index in [0.717, 1.165) is 18.4 Å². The fourth-order valence-corrected chi connectivity index (χ4v) is 1.83. The van der Waals surface area contributed by atoms with E-state index in [1.165, 1.54) is 0 Å². The van der Waals surface area contributed by atoms with Crippen LogP contribution in [0.15, 0.2) is 36.1 Å². The van der Waals surface area contributed by atoms with Gasteiger partial charge in [0, 0.05) is 0 Å². The number of benzene rings is 1. The lowest BCUT2D eigenvalue weighted by Gasteiger charge is -2.29. The van der Waals surface area contributed by atoms with Gasteiger partial charge >= 0.3 is 0 Å². The minimum absolute atomic E-state index is 0.193. The normalized spacial score (nSPS) is 19.5. The van der Waals surface area contributed by atoms with Gasteiger partial charge in [-0.1, -0.05) is 12.1 Å². The van der Waals surface area contributed by atoms with E-state index in [4.69, 9.17) is 4.74 Å². The first kappa shape index (κ1) is 11.0. The first-order valence-electron chi connectivity index (χ1n) is 5.46. The molecule has 1 unspecified atom stereocenters. The highest BCUT2D eigenvalue weighted by atomic mass is 16.5. The van der Waals surface area contributed by atoms with E-state index in [1.54, 1.807) is 31.2 Å². The third kappa shape index (κ3) is 2.04. The van der Waals surface area contributed by atoms with Crippen molar-refractivity contribution in [1.82, 2.24) is 0 Å². The summed E-state index contributed by atoms with van der Waals surface area (Å²) in [6.07, 6.45) is 3.86. The van der Waals surface area contributed by atoms with E-state index in [1.807, 2.05) is 6.08 Å². The highest BCUT2D eigenvalue weighted by molar-refractivity contribution is 5.34. The van der Waals surface area contributed by atoms with Crippen LogP contribution in [0.2, 0.25) is 0 Å². The topological polar surface area (TPSA) is 49.7 Å². The maximum Gasteiger partial charge on any atom is 0.143 e. The molecule has 0 radical (unpaired) electrons. The molecule has 86 valence electrons. The molecular formula is C13H16O3. The first-order valence-corrected chi connectivity index (χ1v) is 5.46. The summed E-state index contributed by atoms with van der Waals surface area (Å²) in [6.45, 7) is 2.36. The van der Waals surface area contributed by atoms with Crippen molar-refractivity contribution in [3.63, 3.8) is 0 Å². The molecule has 0 bridgehead atoms. The van der Waals surface area contributed by atoms with Crippen molar-refractivity contribution < 1.29 is 14.9 Å². The largest absolute Gasteiger partial charge is 0.508 e. The van der Waals surface area contributed by atoms with Gasteiger partial charge in [-0.2, -0.15) is 0 Å². The SMILES string of the molecule is CC(O)(C1=CCCCO1)c1ccc(O)cc1. The fraction of sp³-hybridized carbons (Fsp3) is 0.385. The number of allylic oxidation sites excluding steroid dienone is 1. The molecule has 16 heavy (non-hydrogen) atoms. The van der Waals surface area contributed by atoms with E-state index >= 15 is 0 Å². The quantitative estimate of drug-likeness (QED) is 0.804.